The highest BCUT2D eigenvalue weighted by molar-refractivity contribution is 5.82. The Labute approximate surface area is 99.6 Å². The highest BCUT2D eigenvalue weighted by Gasteiger charge is 2.36. The van der Waals surface area contributed by atoms with Crippen molar-refractivity contribution in [2.45, 2.75) is 46.5 Å². The zero-order chi connectivity index (χ0) is 12.0. The quantitative estimate of drug-likeness (QED) is 0.778. The predicted molar refractivity (Wildman–Crippen MR) is 67.4 cm³/mol. The average Bonchev–Trinajstić information content (AvgIpc) is 2.31. The van der Waals surface area contributed by atoms with Crippen molar-refractivity contribution in [1.82, 2.24) is 10.2 Å². The topological polar surface area (TPSA) is 32.3 Å². The standard InChI is InChI=1S/C13H26N2O/c1-4-6-10-15(5-2)12(16)13(3)8-7-9-14-11-13/h14H,4-11H2,1-3H3. The number of rotatable bonds is 5. The number of nitrogens with one attached hydrogen (secondary N) is 1. The van der Waals surface area contributed by atoms with Gasteiger partial charge in [-0.2, -0.15) is 0 Å². The summed E-state index contributed by atoms with van der Waals surface area (Å²) in [5, 5.41) is 3.34. The van der Waals surface area contributed by atoms with Gasteiger partial charge in [-0.1, -0.05) is 13.3 Å². The van der Waals surface area contributed by atoms with Gasteiger partial charge in [0.05, 0.1) is 5.41 Å². The summed E-state index contributed by atoms with van der Waals surface area (Å²) < 4.78 is 0. The van der Waals surface area contributed by atoms with Crippen LogP contribution < -0.4 is 5.32 Å². The molecule has 3 heteroatoms. The molecule has 1 heterocycles. The number of carbonyl (C=O) groups excluding carboxylic acids is 1. The fourth-order valence-electron chi connectivity index (χ4n) is 2.37. The molecule has 1 amide bonds. The minimum atomic E-state index is -0.165. The molecule has 3 nitrogen and oxygen atoms in total. The molecule has 1 rings (SSSR count). The van der Waals surface area contributed by atoms with Gasteiger partial charge in [-0.05, 0) is 39.7 Å². The Morgan fingerprint density at radius 2 is 2.19 bits per heavy atom. The molecule has 1 saturated heterocycles. The molecule has 0 radical (unpaired) electrons. The lowest BCUT2D eigenvalue weighted by Crippen LogP contribution is -2.50. The van der Waals surface area contributed by atoms with Gasteiger partial charge in [0.1, 0.15) is 0 Å². The third-order valence-corrected chi connectivity index (χ3v) is 3.56. The average molecular weight is 226 g/mol. The van der Waals surface area contributed by atoms with Crippen molar-refractivity contribution in [3.63, 3.8) is 0 Å². The van der Waals surface area contributed by atoms with Crippen molar-refractivity contribution in [2.24, 2.45) is 5.41 Å². The number of hydrogen-bond acceptors (Lipinski definition) is 2. The molecule has 0 bridgehead atoms. The fraction of sp³-hybridized carbons (Fsp3) is 0.923. The van der Waals surface area contributed by atoms with Gasteiger partial charge in [-0.25, -0.2) is 0 Å². The molecule has 0 aliphatic carbocycles. The van der Waals surface area contributed by atoms with Crippen LogP contribution in [0, 0.1) is 5.41 Å². The van der Waals surface area contributed by atoms with Gasteiger partial charge in [-0.3, -0.25) is 4.79 Å². The van der Waals surface area contributed by atoms with Crippen LogP contribution in [0.3, 0.4) is 0 Å². The summed E-state index contributed by atoms with van der Waals surface area (Å²) in [5.74, 6) is 0.343. The maximum Gasteiger partial charge on any atom is 0.229 e. The number of amides is 1. The Morgan fingerprint density at radius 1 is 1.44 bits per heavy atom. The van der Waals surface area contributed by atoms with E-state index in [1.807, 2.05) is 4.90 Å². The monoisotopic (exact) mass is 226 g/mol. The molecule has 1 aliphatic heterocycles. The summed E-state index contributed by atoms with van der Waals surface area (Å²) >= 11 is 0. The molecular weight excluding hydrogens is 200 g/mol. The predicted octanol–water partition coefficient (Wildman–Crippen LogP) is 2.02. The lowest BCUT2D eigenvalue weighted by molar-refractivity contribution is -0.142. The number of carbonyl (C=O) groups is 1. The first-order chi connectivity index (χ1) is 7.64. The van der Waals surface area contributed by atoms with Crippen molar-refractivity contribution in [3.8, 4) is 0 Å². The van der Waals surface area contributed by atoms with Crippen LogP contribution in [0.1, 0.15) is 46.5 Å². The molecule has 1 aliphatic rings. The Morgan fingerprint density at radius 3 is 2.69 bits per heavy atom. The van der Waals surface area contributed by atoms with Gasteiger partial charge in [-0.15, -0.1) is 0 Å². The third-order valence-electron chi connectivity index (χ3n) is 3.56. The Balaban J connectivity index is 2.58. The summed E-state index contributed by atoms with van der Waals surface area (Å²) in [5.41, 5.74) is -0.165. The van der Waals surface area contributed by atoms with E-state index in [9.17, 15) is 4.79 Å². The zero-order valence-corrected chi connectivity index (χ0v) is 11.0. The van der Waals surface area contributed by atoms with E-state index >= 15 is 0 Å². The van der Waals surface area contributed by atoms with Gasteiger partial charge in [0.2, 0.25) is 5.91 Å². The van der Waals surface area contributed by atoms with Crippen LogP contribution in [0.25, 0.3) is 0 Å². The molecule has 1 atom stereocenters. The van der Waals surface area contributed by atoms with Gasteiger partial charge in [0, 0.05) is 19.6 Å². The number of piperidine rings is 1. The maximum atomic E-state index is 12.4. The van der Waals surface area contributed by atoms with E-state index in [1.165, 1.54) is 0 Å². The Kier molecular flexibility index (Phi) is 5.26. The molecule has 1 N–H and O–H groups in total. The second-order valence-corrected chi connectivity index (χ2v) is 5.08. The first-order valence-corrected chi connectivity index (χ1v) is 6.64. The highest BCUT2D eigenvalue weighted by Crippen LogP contribution is 2.28. The van der Waals surface area contributed by atoms with Crippen molar-refractivity contribution < 1.29 is 4.79 Å². The molecule has 94 valence electrons. The van der Waals surface area contributed by atoms with Crippen molar-refractivity contribution in [2.75, 3.05) is 26.2 Å². The summed E-state index contributed by atoms with van der Waals surface area (Å²) in [6.07, 6.45) is 4.41. The minimum Gasteiger partial charge on any atom is -0.342 e. The number of unbranched alkanes of at least 4 members (excludes halogenated alkanes) is 1. The van der Waals surface area contributed by atoms with E-state index in [0.29, 0.717) is 5.91 Å². The lowest BCUT2D eigenvalue weighted by atomic mass is 9.81. The molecule has 0 aromatic rings. The van der Waals surface area contributed by atoms with E-state index in [-0.39, 0.29) is 5.41 Å². The van der Waals surface area contributed by atoms with Crippen molar-refractivity contribution in [1.29, 1.82) is 0 Å². The van der Waals surface area contributed by atoms with Crippen LogP contribution in [0.4, 0.5) is 0 Å². The lowest BCUT2D eigenvalue weighted by Gasteiger charge is -2.37. The van der Waals surface area contributed by atoms with Crippen LogP contribution in [0.5, 0.6) is 0 Å². The summed E-state index contributed by atoms with van der Waals surface area (Å²) in [7, 11) is 0. The molecule has 0 aromatic heterocycles. The van der Waals surface area contributed by atoms with Crippen LogP contribution >= 0.6 is 0 Å². The summed E-state index contributed by atoms with van der Waals surface area (Å²) in [4.78, 5) is 14.5. The van der Waals surface area contributed by atoms with Crippen LogP contribution in [0.15, 0.2) is 0 Å². The molecule has 0 aromatic carbocycles. The third kappa shape index (κ3) is 3.21. The van der Waals surface area contributed by atoms with E-state index in [4.69, 9.17) is 0 Å². The molecule has 1 unspecified atom stereocenters. The Hall–Kier alpha value is -0.570. The SMILES string of the molecule is CCCCN(CC)C(=O)C1(C)CCCNC1. The van der Waals surface area contributed by atoms with Crippen LogP contribution in [-0.2, 0) is 4.79 Å². The van der Waals surface area contributed by atoms with Gasteiger partial charge < -0.3 is 10.2 Å². The van der Waals surface area contributed by atoms with E-state index in [1.54, 1.807) is 0 Å². The second kappa shape index (κ2) is 6.24. The normalized spacial score (nSPS) is 25.4. The zero-order valence-electron chi connectivity index (χ0n) is 11.0. The fourth-order valence-corrected chi connectivity index (χ4v) is 2.37. The van der Waals surface area contributed by atoms with E-state index in [0.717, 1.165) is 51.9 Å². The summed E-state index contributed by atoms with van der Waals surface area (Å²) in [6, 6.07) is 0. The van der Waals surface area contributed by atoms with Gasteiger partial charge in [0.15, 0.2) is 0 Å². The number of hydrogen-bond donors (Lipinski definition) is 1. The van der Waals surface area contributed by atoms with Crippen LogP contribution in [0.2, 0.25) is 0 Å². The largest absolute Gasteiger partial charge is 0.342 e. The van der Waals surface area contributed by atoms with Gasteiger partial charge >= 0.3 is 0 Å². The molecular formula is C13H26N2O. The van der Waals surface area contributed by atoms with Gasteiger partial charge in [0.25, 0.3) is 0 Å². The molecule has 0 saturated carbocycles. The molecule has 1 fully saturated rings. The minimum absolute atomic E-state index is 0.165. The second-order valence-electron chi connectivity index (χ2n) is 5.08. The van der Waals surface area contributed by atoms with Crippen molar-refractivity contribution >= 4 is 5.91 Å². The first-order valence-electron chi connectivity index (χ1n) is 6.64. The smallest absolute Gasteiger partial charge is 0.229 e. The maximum absolute atomic E-state index is 12.4. The highest BCUT2D eigenvalue weighted by atomic mass is 16.2. The summed E-state index contributed by atoms with van der Waals surface area (Å²) in [6.45, 7) is 10.0. The van der Waals surface area contributed by atoms with E-state index in [2.05, 4.69) is 26.1 Å². The first kappa shape index (κ1) is 13.5. The molecule has 16 heavy (non-hydrogen) atoms. The van der Waals surface area contributed by atoms with Crippen molar-refractivity contribution in [3.05, 3.63) is 0 Å². The molecule has 0 spiro atoms. The number of nitrogens with zero attached hydrogens (tertiary/aromatic N) is 1. The Bertz CT molecular complexity index is 222. The van der Waals surface area contributed by atoms with Crippen LogP contribution in [-0.4, -0.2) is 37.0 Å². The van der Waals surface area contributed by atoms with E-state index < -0.39 is 0 Å².